The zero-order valence-corrected chi connectivity index (χ0v) is 10.9. The SMILES string of the molecule is CCOCC(C)NC(CC)c1ccccc1O. The topological polar surface area (TPSA) is 41.5 Å². The Hall–Kier alpha value is -1.06. The van der Waals surface area contributed by atoms with Gasteiger partial charge >= 0.3 is 0 Å². The molecule has 0 spiro atoms. The number of phenols is 1. The molecule has 3 nitrogen and oxygen atoms in total. The van der Waals surface area contributed by atoms with Crippen LogP contribution in [0.4, 0.5) is 0 Å². The molecule has 0 saturated heterocycles. The predicted molar refractivity (Wildman–Crippen MR) is 70.2 cm³/mol. The maximum absolute atomic E-state index is 9.83. The van der Waals surface area contributed by atoms with E-state index in [4.69, 9.17) is 4.74 Å². The first-order chi connectivity index (χ1) is 8.19. The Balaban J connectivity index is 2.62. The molecule has 2 N–H and O–H groups in total. The molecule has 0 saturated carbocycles. The number of rotatable bonds is 7. The Labute approximate surface area is 104 Å². The predicted octanol–water partition coefficient (Wildman–Crippen LogP) is 2.86. The van der Waals surface area contributed by atoms with Crippen molar-refractivity contribution in [1.82, 2.24) is 5.32 Å². The molecule has 0 aromatic heterocycles. The summed E-state index contributed by atoms with van der Waals surface area (Å²) in [7, 11) is 0. The molecule has 17 heavy (non-hydrogen) atoms. The van der Waals surface area contributed by atoms with Crippen LogP contribution in [0.3, 0.4) is 0 Å². The molecule has 1 rings (SSSR count). The standard InChI is InChI=1S/C14H23NO2/c1-4-13(15-11(3)10-17-5-2)12-8-6-7-9-14(12)16/h6-9,11,13,15-16H,4-5,10H2,1-3H3. The van der Waals surface area contributed by atoms with Gasteiger partial charge in [-0.2, -0.15) is 0 Å². The van der Waals surface area contributed by atoms with Crippen LogP contribution in [-0.2, 0) is 4.74 Å². The van der Waals surface area contributed by atoms with Gasteiger partial charge in [-0.15, -0.1) is 0 Å². The first-order valence-electron chi connectivity index (χ1n) is 6.30. The Bertz CT molecular complexity index is 328. The number of para-hydroxylation sites is 1. The van der Waals surface area contributed by atoms with Gasteiger partial charge in [0.1, 0.15) is 5.75 Å². The second-order valence-electron chi connectivity index (χ2n) is 4.25. The van der Waals surface area contributed by atoms with Crippen molar-refractivity contribution < 1.29 is 9.84 Å². The van der Waals surface area contributed by atoms with Gasteiger partial charge in [-0.1, -0.05) is 25.1 Å². The summed E-state index contributed by atoms with van der Waals surface area (Å²) in [5, 5.41) is 13.3. The van der Waals surface area contributed by atoms with Crippen molar-refractivity contribution in [3.8, 4) is 5.75 Å². The van der Waals surface area contributed by atoms with Gasteiger partial charge in [-0.3, -0.25) is 0 Å². The highest BCUT2D eigenvalue weighted by Gasteiger charge is 2.15. The summed E-state index contributed by atoms with van der Waals surface area (Å²) in [6.45, 7) is 7.63. The molecule has 0 heterocycles. The number of hydrogen-bond acceptors (Lipinski definition) is 3. The minimum atomic E-state index is 0.173. The van der Waals surface area contributed by atoms with Crippen LogP contribution in [0.15, 0.2) is 24.3 Å². The van der Waals surface area contributed by atoms with Crippen molar-refractivity contribution >= 4 is 0 Å². The van der Waals surface area contributed by atoms with Crippen LogP contribution >= 0.6 is 0 Å². The van der Waals surface area contributed by atoms with Crippen molar-refractivity contribution in [3.05, 3.63) is 29.8 Å². The summed E-state index contributed by atoms with van der Waals surface area (Å²) >= 11 is 0. The van der Waals surface area contributed by atoms with E-state index in [-0.39, 0.29) is 12.1 Å². The van der Waals surface area contributed by atoms with Crippen LogP contribution in [0.5, 0.6) is 5.75 Å². The highest BCUT2D eigenvalue weighted by molar-refractivity contribution is 5.34. The molecule has 0 amide bonds. The lowest BCUT2D eigenvalue weighted by atomic mass is 10.0. The number of ether oxygens (including phenoxy) is 1. The Morgan fingerprint density at radius 2 is 2.00 bits per heavy atom. The fourth-order valence-corrected chi connectivity index (χ4v) is 1.90. The second-order valence-corrected chi connectivity index (χ2v) is 4.25. The van der Waals surface area contributed by atoms with Crippen LogP contribution in [-0.4, -0.2) is 24.4 Å². The van der Waals surface area contributed by atoms with Gasteiger partial charge in [-0.25, -0.2) is 0 Å². The number of hydrogen-bond donors (Lipinski definition) is 2. The maximum Gasteiger partial charge on any atom is 0.120 e. The zero-order chi connectivity index (χ0) is 12.7. The minimum absolute atomic E-state index is 0.173. The monoisotopic (exact) mass is 237 g/mol. The first-order valence-corrected chi connectivity index (χ1v) is 6.30. The highest BCUT2D eigenvalue weighted by atomic mass is 16.5. The molecule has 0 aliphatic heterocycles. The molecule has 3 heteroatoms. The van der Waals surface area contributed by atoms with Crippen LogP contribution in [0.2, 0.25) is 0 Å². The van der Waals surface area contributed by atoms with Crippen LogP contribution < -0.4 is 5.32 Å². The Morgan fingerprint density at radius 1 is 1.29 bits per heavy atom. The van der Waals surface area contributed by atoms with Crippen molar-refractivity contribution in [2.45, 2.75) is 39.3 Å². The van der Waals surface area contributed by atoms with Crippen LogP contribution in [0.25, 0.3) is 0 Å². The molecule has 1 aromatic carbocycles. The molecular formula is C14H23NO2. The van der Waals surface area contributed by atoms with E-state index in [0.717, 1.165) is 18.6 Å². The van der Waals surface area contributed by atoms with Gasteiger partial charge in [0.15, 0.2) is 0 Å². The molecule has 0 fully saturated rings. The molecule has 0 aliphatic rings. The number of phenolic OH excluding ortho intramolecular Hbond substituents is 1. The molecular weight excluding hydrogens is 214 g/mol. The Kier molecular flexibility index (Phi) is 6.01. The molecule has 0 aliphatic carbocycles. The molecule has 96 valence electrons. The Morgan fingerprint density at radius 3 is 2.59 bits per heavy atom. The normalized spacial score (nSPS) is 14.5. The van der Waals surface area contributed by atoms with Gasteiger partial charge in [-0.05, 0) is 26.3 Å². The van der Waals surface area contributed by atoms with E-state index >= 15 is 0 Å². The van der Waals surface area contributed by atoms with E-state index in [2.05, 4.69) is 19.2 Å². The van der Waals surface area contributed by atoms with Gasteiger partial charge < -0.3 is 15.2 Å². The summed E-state index contributed by atoms with van der Waals surface area (Å²) in [5.41, 5.74) is 0.957. The fraction of sp³-hybridized carbons (Fsp3) is 0.571. The van der Waals surface area contributed by atoms with Gasteiger partial charge in [0.25, 0.3) is 0 Å². The molecule has 2 unspecified atom stereocenters. The van der Waals surface area contributed by atoms with Gasteiger partial charge in [0, 0.05) is 24.3 Å². The van der Waals surface area contributed by atoms with E-state index in [1.54, 1.807) is 6.07 Å². The molecule has 0 bridgehead atoms. The van der Waals surface area contributed by atoms with Crippen molar-refractivity contribution in [1.29, 1.82) is 0 Å². The summed E-state index contributed by atoms with van der Waals surface area (Å²) in [4.78, 5) is 0. The van der Waals surface area contributed by atoms with Crippen molar-refractivity contribution in [2.24, 2.45) is 0 Å². The van der Waals surface area contributed by atoms with E-state index in [1.165, 1.54) is 0 Å². The molecule has 1 aromatic rings. The fourth-order valence-electron chi connectivity index (χ4n) is 1.90. The number of nitrogens with one attached hydrogen (secondary N) is 1. The smallest absolute Gasteiger partial charge is 0.120 e. The minimum Gasteiger partial charge on any atom is -0.508 e. The van der Waals surface area contributed by atoms with Gasteiger partial charge in [0.2, 0.25) is 0 Å². The highest BCUT2D eigenvalue weighted by Crippen LogP contribution is 2.26. The third-order valence-electron chi connectivity index (χ3n) is 2.78. The van der Waals surface area contributed by atoms with E-state index in [9.17, 15) is 5.11 Å². The third-order valence-corrected chi connectivity index (χ3v) is 2.78. The van der Waals surface area contributed by atoms with Crippen molar-refractivity contribution in [3.63, 3.8) is 0 Å². The van der Waals surface area contributed by atoms with Gasteiger partial charge in [0.05, 0.1) is 6.61 Å². The van der Waals surface area contributed by atoms with Crippen LogP contribution in [0.1, 0.15) is 38.8 Å². The third kappa shape index (κ3) is 4.36. The van der Waals surface area contributed by atoms with E-state index in [0.29, 0.717) is 12.4 Å². The first kappa shape index (κ1) is 14.0. The van der Waals surface area contributed by atoms with E-state index < -0.39 is 0 Å². The lowest BCUT2D eigenvalue weighted by Gasteiger charge is -2.23. The lowest BCUT2D eigenvalue weighted by Crippen LogP contribution is -2.33. The molecule has 0 radical (unpaired) electrons. The molecule has 2 atom stereocenters. The summed E-state index contributed by atoms with van der Waals surface area (Å²) in [6.07, 6.45) is 0.939. The second kappa shape index (κ2) is 7.30. The summed E-state index contributed by atoms with van der Waals surface area (Å²) in [6, 6.07) is 7.93. The number of benzene rings is 1. The largest absolute Gasteiger partial charge is 0.508 e. The van der Waals surface area contributed by atoms with E-state index in [1.807, 2.05) is 25.1 Å². The van der Waals surface area contributed by atoms with Crippen molar-refractivity contribution in [2.75, 3.05) is 13.2 Å². The quantitative estimate of drug-likeness (QED) is 0.766. The zero-order valence-electron chi connectivity index (χ0n) is 10.9. The average Bonchev–Trinajstić information content (AvgIpc) is 2.34. The maximum atomic E-state index is 9.83. The van der Waals surface area contributed by atoms with Crippen LogP contribution in [0, 0.1) is 0 Å². The lowest BCUT2D eigenvalue weighted by molar-refractivity contribution is 0.123. The number of aromatic hydroxyl groups is 1. The average molecular weight is 237 g/mol. The summed E-state index contributed by atoms with van der Waals surface area (Å²) < 4.78 is 5.38. The summed E-state index contributed by atoms with van der Waals surface area (Å²) in [5.74, 6) is 0.357.